The quantitative estimate of drug-likeness (QED) is 0.634. The highest BCUT2D eigenvalue weighted by molar-refractivity contribution is 6.00. The molecule has 0 aromatic heterocycles. The molecule has 0 saturated carbocycles. The number of hydrogen-bond donors (Lipinski definition) is 0. The molecule has 2 aromatic rings. The largest absolute Gasteiger partial charge is 0.450 e. The van der Waals surface area contributed by atoms with E-state index in [0.29, 0.717) is 19.2 Å². The van der Waals surface area contributed by atoms with Crippen LogP contribution in [0.25, 0.3) is 11.1 Å². The molecule has 1 spiro atoms. The molecular formula is C28H34FN3O3. The Kier molecular flexibility index (Phi) is 6.53. The topological polar surface area (TPSA) is 53.1 Å². The molecule has 3 aliphatic heterocycles. The predicted octanol–water partition coefficient (Wildman–Crippen LogP) is 4.81. The molecule has 0 radical (unpaired) electrons. The van der Waals surface area contributed by atoms with Gasteiger partial charge in [0.05, 0.1) is 12.3 Å². The van der Waals surface area contributed by atoms with Crippen LogP contribution >= 0.6 is 0 Å². The van der Waals surface area contributed by atoms with E-state index in [1.807, 2.05) is 34.9 Å². The highest BCUT2D eigenvalue weighted by Gasteiger charge is 2.47. The van der Waals surface area contributed by atoms with Crippen LogP contribution in [-0.2, 0) is 14.9 Å². The SMILES string of the molecule is CCOC(=O)N1CCC(N2CCC3(CC2)CN(C(C)=O)c2c(-c4cccc(F)c4)cccc23)CC1. The second-order valence-electron chi connectivity index (χ2n) is 10.1. The van der Waals surface area contributed by atoms with Crippen LogP contribution < -0.4 is 4.90 Å². The van der Waals surface area contributed by atoms with E-state index < -0.39 is 0 Å². The number of benzene rings is 2. The van der Waals surface area contributed by atoms with Crippen molar-refractivity contribution in [3.05, 3.63) is 53.8 Å². The molecule has 35 heavy (non-hydrogen) atoms. The van der Waals surface area contributed by atoms with Crippen LogP contribution in [-0.4, -0.2) is 67.2 Å². The van der Waals surface area contributed by atoms with E-state index in [1.54, 1.807) is 19.1 Å². The number of fused-ring (bicyclic) bond motifs is 2. The first-order valence-electron chi connectivity index (χ1n) is 12.7. The average molecular weight is 480 g/mol. The molecule has 5 rings (SSSR count). The van der Waals surface area contributed by atoms with Gasteiger partial charge in [0.15, 0.2) is 0 Å². The summed E-state index contributed by atoms with van der Waals surface area (Å²) in [5.41, 5.74) is 3.80. The highest BCUT2D eigenvalue weighted by Crippen LogP contribution is 2.51. The molecule has 7 heteroatoms. The summed E-state index contributed by atoms with van der Waals surface area (Å²) in [5, 5.41) is 0. The molecule has 0 aliphatic carbocycles. The number of carbonyl (C=O) groups is 2. The summed E-state index contributed by atoms with van der Waals surface area (Å²) in [6.07, 6.45) is 3.69. The van der Waals surface area contributed by atoms with Gasteiger partial charge in [0.2, 0.25) is 5.91 Å². The minimum absolute atomic E-state index is 0.0285. The lowest BCUT2D eigenvalue weighted by Gasteiger charge is -2.45. The second-order valence-corrected chi connectivity index (χ2v) is 10.1. The standard InChI is InChI=1S/C28H34FN3O3/c1-3-35-27(34)31-14-10-23(11-15-31)30-16-12-28(13-17-30)19-32(20(2)33)26-24(8-5-9-25(26)28)21-6-4-7-22(29)18-21/h4-9,18,23H,3,10-17,19H2,1-2H3. The van der Waals surface area contributed by atoms with Crippen LogP contribution in [0.1, 0.15) is 45.1 Å². The Balaban J connectivity index is 1.34. The van der Waals surface area contributed by atoms with E-state index in [1.165, 1.54) is 11.6 Å². The third-order valence-corrected chi connectivity index (χ3v) is 8.12. The monoisotopic (exact) mass is 479 g/mol. The van der Waals surface area contributed by atoms with Gasteiger partial charge in [-0.2, -0.15) is 0 Å². The predicted molar refractivity (Wildman–Crippen MR) is 134 cm³/mol. The molecule has 0 N–H and O–H groups in total. The lowest BCUT2D eigenvalue weighted by Crippen LogP contribution is -2.52. The fourth-order valence-electron chi connectivity index (χ4n) is 6.26. The smallest absolute Gasteiger partial charge is 0.409 e. The lowest BCUT2D eigenvalue weighted by atomic mass is 9.73. The van der Waals surface area contributed by atoms with Gasteiger partial charge in [-0.25, -0.2) is 9.18 Å². The molecular weight excluding hydrogens is 445 g/mol. The number of hydrogen-bond acceptors (Lipinski definition) is 4. The van der Waals surface area contributed by atoms with E-state index in [-0.39, 0.29) is 23.2 Å². The molecule has 0 bridgehead atoms. The Labute approximate surface area is 206 Å². The molecule has 2 saturated heterocycles. The van der Waals surface area contributed by atoms with Crippen molar-refractivity contribution in [1.82, 2.24) is 9.80 Å². The number of piperidine rings is 2. The summed E-state index contributed by atoms with van der Waals surface area (Å²) >= 11 is 0. The van der Waals surface area contributed by atoms with Crippen molar-refractivity contribution >= 4 is 17.7 Å². The first-order valence-corrected chi connectivity index (χ1v) is 12.7. The zero-order valence-corrected chi connectivity index (χ0v) is 20.6. The van der Waals surface area contributed by atoms with Gasteiger partial charge in [-0.1, -0.05) is 30.3 Å². The van der Waals surface area contributed by atoms with Crippen LogP contribution in [0.15, 0.2) is 42.5 Å². The van der Waals surface area contributed by atoms with E-state index in [9.17, 15) is 14.0 Å². The molecule has 0 atom stereocenters. The molecule has 2 aromatic carbocycles. The van der Waals surface area contributed by atoms with Crippen LogP contribution in [0.4, 0.5) is 14.9 Å². The van der Waals surface area contributed by atoms with Gasteiger partial charge < -0.3 is 19.4 Å². The Morgan fingerprint density at radius 2 is 1.77 bits per heavy atom. The number of para-hydroxylation sites is 1. The van der Waals surface area contributed by atoms with Gasteiger partial charge in [-0.3, -0.25) is 4.79 Å². The summed E-state index contributed by atoms with van der Waals surface area (Å²) < 4.78 is 19.2. The average Bonchev–Trinajstić information content (AvgIpc) is 3.19. The molecule has 6 nitrogen and oxygen atoms in total. The summed E-state index contributed by atoms with van der Waals surface area (Å²) in [7, 11) is 0. The minimum atomic E-state index is -0.274. The highest BCUT2D eigenvalue weighted by atomic mass is 19.1. The minimum Gasteiger partial charge on any atom is -0.450 e. The second kappa shape index (κ2) is 9.61. The normalized spacial score (nSPS) is 20.2. The molecule has 0 unspecified atom stereocenters. The lowest BCUT2D eigenvalue weighted by molar-refractivity contribution is -0.116. The number of likely N-dealkylation sites (tertiary alicyclic amines) is 2. The molecule has 2 amide bonds. The Morgan fingerprint density at radius 1 is 1.06 bits per heavy atom. The third kappa shape index (κ3) is 4.42. The zero-order valence-electron chi connectivity index (χ0n) is 20.6. The van der Waals surface area contributed by atoms with Crippen LogP contribution in [0.3, 0.4) is 0 Å². The van der Waals surface area contributed by atoms with E-state index in [0.717, 1.165) is 68.7 Å². The van der Waals surface area contributed by atoms with Crippen molar-refractivity contribution in [2.75, 3.05) is 44.2 Å². The maximum atomic E-state index is 14.0. The fraction of sp³-hybridized carbons (Fsp3) is 0.500. The van der Waals surface area contributed by atoms with Crippen molar-refractivity contribution in [2.45, 2.75) is 51.0 Å². The van der Waals surface area contributed by atoms with Crippen molar-refractivity contribution < 1.29 is 18.7 Å². The van der Waals surface area contributed by atoms with Gasteiger partial charge in [-0.15, -0.1) is 0 Å². The number of amides is 2. The number of carbonyl (C=O) groups excluding carboxylic acids is 2. The van der Waals surface area contributed by atoms with E-state index in [2.05, 4.69) is 11.0 Å². The number of anilines is 1. The van der Waals surface area contributed by atoms with E-state index >= 15 is 0 Å². The Hall–Kier alpha value is -2.93. The molecule has 3 heterocycles. The van der Waals surface area contributed by atoms with Gasteiger partial charge in [0.1, 0.15) is 5.82 Å². The summed E-state index contributed by atoms with van der Waals surface area (Å²) in [6, 6.07) is 13.3. The van der Waals surface area contributed by atoms with E-state index in [4.69, 9.17) is 4.74 Å². The van der Waals surface area contributed by atoms with Crippen molar-refractivity contribution in [3.8, 4) is 11.1 Å². The van der Waals surface area contributed by atoms with Crippen LogP contribution in [0.5, 0.6) is 0 Å². The van der Waals surface area contributed by atoms with Gasteiger partial charge in [0, 0.05) is 43.6 Å². The van der Waals surface area contributed by atoms with Crippen molar-refractivity contribution in [1.29, 1.82) is 0 Å². The first-order chi connectivity index (χ1) is 16.9. The first kappa shape index (κ1) is 23.8. The molecule has 2 fully saturated rings. The van der Waals surface area contributed by atoms with Crippen LogP contribution in [0, 0.1) is 5.82 Å². The Morgan fingerprint density at radius 3 is 2.43 bits per heavy atom. The van der Waals surface area contributed by atoms with Gasteiger partial charge >= 0.3 is 6.09 Å². The summed E-state index contributed by atoms with van der Waals surface area (Å²) in [4.78, 5) is 31.1. The summed E-state index contributed by atoms with van der Waals surface area (Å²) in [5.74, 6) is -0.245. The zero-order chi connectivity index (χ0) is 24.6. The molecule has 186 valence electrons. The van der Waals surface area contributed by atoms with Gasteiger partial charge in [0.25, 0.3) is 0 Å². The maximum absolute atomic E-state index is 14.0. The molecule has 3 aliphatic rings. The number of nitrogens with zero attached hydrogens (tertiary/aromatic N) is 3. The number of halogens is 1. The van der Waals surface area contributed by atoms with Crippen LogP contribution in [0.2, 0.25) is 0 Å². The number of ether oxygens (including phenoxy) is 1. The third-order valence-electron chi connectivity index (χ3n) is 8.12. The summed E-state index contributed by atoms with van der Waals surface area (Å²) in [6.45, 7) is 7.97. The Bertz CT molecular complexity index is 1100. The van der Waals surface area contributed by atoms with Gasteiger partial charge in [-0.05, 0) is 69.0 Å². The number of rotatable bonds is 3. The fourth-order valence-corrected chi connectivity index (χ4v) is 6.26. The maximum Gasteiger partial charge on any atom is 0.409 e. The van der Waals surface area contributed by atoms with Crippen molar-refractivity contribution in [2.24, 2.45) is 0 Å². The van der Waals surface area contributed by atoms with Crippen molar-refractivity contribution in [3.63, 3.8) is 0 Å².